The molecule has 0 N–H and O–H groups in total. The number of carbonyl (C=O) groups is 3. The van der Waals surface area contributed by atoms with Crippen molar-refractivity contribution in [2.45, 2.75) is 39.7 Å². The van der Waals surface area contributed by atoms with Crippen molar-refractivity contribution in [3.8, 4) is 28.7 Å². The lowest BCUT2D eigenvalue weighted by atomic mass is 9.96. The summed E-state index contributed by atoms with van der Waals surface area (Å²) >= 11 is 0. The first-order valence-electron chi connectivity index (χ1n) is 9.33. The van der Waals surface area contributed by atoms with Crippen molar-refractivity contribution in [1.82, 2.24) is 0 Å². The normalized spacial score (nSPS) is 14.7. The van der Waals surface area contributed by atoms with E-state index in [1.165, 1.54) is 33.9 Å². The molecule has 2 aromatic carbocycles. The van der Waals surface area contributed by atoms with E-state index in [2.05, 4.69) is 0 Å². The molecule has 1 atom stereocenters. The Labute approximate surface area is 173 Å². The van der Waals surface area contributed by atoms with Crippen LogP contribution in [0, 0.1) is 0 Å². The van der Waals surface area contributed by atoms with E-state index in [0.717, 1.165) is 5.56 Å². The van der Waals surface area contributed by atoms with Gasteiger partial charge in [0.25, 0.3) is 0 Å². The van der Waals surface area contributed by atoms with Crippen LogP contribution in [0.2, 0.25) is 0 Å². The van der Waals surface area contributed by atoms with Gasteiger partial charge < -0.3 is 23.7 Å². The molecule has 0 bridgehead atoms. The van der Waals surface area contributed by atoms with Crippen LogP contribution in [0.4, 0.5) is 0 Å². The number of fused-ring (bicyclic) bond motifs is 1. The van der Waals surface area contributed by atoms with E-state index in [-0.39, 0.29) is 11.9 Å². The summed E-state index contributed by atoms with van der Waals surface area (Å²) in [5, 5.41) is 0. The first-order valence-corrected chi connectivity index (χ1v) is 9.33. The molecular weight excluding hydrogens is 392 g/mol. The zero-order valence-electron chi connectivity index (χ0n) is 17.1. The summed E-state index contributed by atoms with van der Waals surface area (Å²) < 4.78 is 27.0. The fourth-order valence-electron chi connectivity index (χ4n) is 3.27. The standard InChI is InChI=1S/C22H22O8/c1-12(23)27-16-10-20(28-13(2)24)17-6-8-18(30-21(17)11-16)15-5-7-19(26-4)22(9-15)29-14(3)25/h5,7,9-11,18H,6,8H2,1-4H3. The lowest BCUT2D eigenvalue weighted by molar-refractivity contribution is -0.133. The number of benzene rings is 2. The van der Waals surface area contributed by atoms with E-state index in [9.17, 15) is 14.4 Å². The number of rotatable bonds is 5. The van der Waals surface area contributed by atoms with Gasteiger partial charge in [0.15, 0.2) is 11.5 Å². The van der Waals surface area contributed by atoms with Gasteiger partial charge in [-0.2, -0.15) is 0 Å². The summed E-state index contributed by atoms with van der Waals surface area (Å²) in [6, 6.07) is 8.30. The van der Waals surface area contributed by atoms with E-state index >= 15 is 0 Å². The topological polar surface area (TPSA) is 97.4 Å². The van der Waals surface area contributed by atoms with Gasteiger partial charge in [-0.15, -0.1) is 0 Å². The summed E-state index contributed by atoms with van der Waals surface area (Å²) in [5.74, 6) is 0.241. The van der Waals surface area contributed by atoms with Crippen molar-refractivity contribution < 1.29 is 38.1 Å². The maximum absolute atomic E-state index is 11.5. The molecule has 0 aliphatic carbocycles. The molecule has 0 saturated carbocycles. The Morgan fingerprint density at radius 1 is 0.867 bits per heavy atom. The third kappa shape index (κ3) is 4.89. The Balaban J connectivity index is 1.95. The smallest absolute Gasteiger partial charge is 0.308 e. The third-order valence-electron chi connectivity index (χ3n) is 4.40. The van der Waals surface area contributed by atoms with E-state index in [4.69, 9.17) is 23.7 Å². The first-order chi connectivity index (χ1) is 14.3. The Bertz CT molecular complexity index is 995. The highest BCUT2D eigenvalue weighted by atomic mass is 16.6. The van der Waals surface area contributed by atoms with Crippen LogP contribution in [-0.4, -0.2) is 25.0 Å². The number of methoxy groups -OCH3 is 1. The van der Waals surface area contributed by atoms with E-state index < -0.39 is 17.9 Å². The summed E-state index contributed by atoms with van der Waals surface area (Å²) in [6.45, 7) is 3.89. The van der Waals surface area contributed by atoms with Gasteiger partial charge in [-0.05, 0) is 30.5 Å². The van der Waals surface area contributed by atoms with Crippen molar-refractivity contribution in [2.24, 2.45) is 0 Å². The highest BCUT2D eigenvalue weighted by Gasteiger charge is 2.27. The van der Waals surface area contributed by atoms with Crippen LogP contribution in [0.5, 0.6) is 28.7 Å². The predicted molar refractivity (Wildman–Crippen MR) is 105 cm³/mol. The number of hydrogen-bond donors (Lipinski definition) is 0. The van der Waals surface area contributed by atoms with Crippen LogP contribution < -0.4 is 23.7 Å². The Morgan fingerprint density at radius 2 is 1.53 bits per heavy atom. The zero-order chi connectivity index (χ0) is 21.8. The molecule has 0 saturated heterocycles. The predicted octanol–water partition coefficient (Wildman–Crippen LogP) is 3.54. The molecule has 2 aromatic rings. The van der Waals surface area contributed by atoms with Gasteiger partial charge in [0.1, 0.15) is 23.4 Å². The summed E-state index contributed by atoms with van der Waals surface area (Å²) in [5.41, 5.74) is 1.50. The molecule has 8 heteroatoms. The lowest BCUT2D eigenvalue weighted by Crippen LogP contribution is -2.17. The second-order valence-corrected chi connectivity index (χ2v) is 6.73. The summed E-state index contributed by atoms with van der Waals surface area (Å²) in [7, 11) is 1.49. The minimum Gasteiger partial charge on any atom is -0.493 e. The molecule has 0 radical (unpaired) electrons. The van der Waals surface area contributed by atoms with Gasteiger partial charge in [0.05, 0.1) is 7.11 Å². The van der Waals surface area contributed by atoms with Gasteiger partial charge in [-0.25, -0.2) is 0 Å². The molecule has 30 heavy (non-hydrogen) atoms. The van der Waals surface area contributed by atoms with E-state index in [1.54, 1.807) is 18.2 Å². The van der Waals surface area contributed by atoms with Crippen molar-refractivity contribution in [3.63, 3.8) is 0 Å². The quantitative estimate of drug-likeness (QED) is 0.541. The Morgan fingerprint density at radius 3 is 2.17 bits per heavy atom. The first kappa shape index (κ1) is 21.2. The van der Waals surface area contributed by atoms with Crippen molar-refractivity contribution in [3.05, 3.63) is 41.5 Å². The van der Waals surface area contributed by atoms with Crippen LogP contribution in [0.15, 0.2) is 30.3 Å². The monoisotopic (exact) mass is 414 g/mol. The van der Waals surface area contributed by atoms with E-state index in [1.807, 2.05) is 6.07 Å². The molecule has 0 spiro atoms. The molecule has 1 unspecified atom stereocenters. The van der Waals surface area contributed by atoms with Gasteiger partial charge >= 0.3 is 17.9 Å². The minimum atomic E-state index is -0.503. The molecule has 158 valence electrons. The molecule has 3 rings (SSSR count). The number of esters is 3. The fraction of sp³-hybridized carbons (Fsp3) is 0.318. The van der Waals surface area contributed by atoms with Crippen molar-refractivity contribution in [1.29, 1.82) is 0 Å². The highest BCUT2D eigenvalue weighted by molar-refractivity contribution is 5.73. The lowest BCUT2D eigenvalue weighted by Gasteiger charge is -2.28. The molecule has 0 fully saturated rings. The number of hydrogen-bond acceptors (Lipinski definition) is 8. The summed E-state index contributed by atoms with van der Waals surface area (Å²) in [4.78, 5) is 34.2. The van der Waals surface area contributed by atoms with Gasteiger partial charge in [0, 0.05) is 38.5 Å². The molecule has 0 aromatic heterocycles. The molecular formula is C22H22O8. The molecule has 1 aliphatic rings. The largest absolute Gasteiger partial charge is 0.493 e. The van der Waals surface area contributed by atoms with Gasteiger partial charge in [-0.3, -0.25) is 14.4 Å². The van der Waals surface area contributed by atoms with Crippen molar-refractivity contribution in [2.75, 3.05) is 7.11 Å². The van der Waals surface area contributed by atoms with Crippen LogP contribution in [0.1, 0.15) is 44.4 Å². The second kappa shape index (κ2) is 8.86. The minimum absolute atomic E-state index is 0.216. The van der Waals surface area contributed by atoms with Crippen molar-refractivity contribution >= 4 is 17.9 Å². The average molecular weight is 414 g/mol. The van der Waals surface area contributed by atoms with Gasteiger partial charge in [-0.1, -0.05) is 6.07 Å². The zero-order valence-corrected chi connectivity index (χ0v) is 17.1. The maximum atomic E-state index is 11.5. The SMILES string of the molecule is COc1ccc(C2CCc3c(OC(C)=O)cc(OC(C)=O)cc3O2)cc1OC(C)=O. The van der Waals surface area contributed by atoms with Crippen LogP contribution in [-0.2, 0) is 20.8 Å². The second-order valence-electron chi connectivity index (χ2n) is 6.73. The number of carbonyl (C=O) groups excluding carboxylic acids is 3. The Hall–Kier alpha value is -3.55. The highest BCUT2D eigenvalue weighted by Crippen LogP contribution is 2.43. The maximum Gasteiger partial charge on any atom is 0.308 e. The third-order valence-corrected chi connectivity index (χ3v) is 4.40. The van der Waals surface area contributed by atoms with Crippen LogP contribution >= 0.6 is 0 Å². The summed E-state index contributed by atoms with van der Waals surface area (Å²) in [6.07, 6.45) is 0.813. The van der Waals surface area contributed by atoms with Gasteiger partial charge in [0.2, 0.25) is 0 Å². The molecule has 1 aliphatic heterocycles. The molecule has 1 heterocycles. The Kier molecular flexibility index (Phi) is 6.25. The van der Waals surface area contributed by atoms with Crippen LogP contribution in [0.3, 0.4) is 0 Å². The van der Waals surface area contributed by atoms with Crippen LogP contribution in [0.25, 0.3) is 0 Å². The fourth-order valence-corrected chi connectivity index (χ4v) is 3.27. The molecule has 8 nitrogen and oxygen atoms in total. The number of ether oxygens (including phenoxy) is 5. The molecule has 0 amide bonds. The van der Waals surface area contributed by atoms with E-state index in [0.29, 0.717) is 41.4 Å². The average Bonchev–Trinajstić information content (AvgIpc) is 2.66.